The molecule has 1 saturated carbocycles. The normalized spacial score (nSPS) is 18.8. The third kappa shape index (κ3) is 3.98. The molecule has 9 heteroatoms. The Hall–Kier alpha value is -2.91. The molecule has 2 aliphatic rings. The van der Waals surface area contributed by atoms with Gasteiger partial charge < -0.3 is 9.73 Å². The molecule has 3 aromatic rings. The van der Waals surface area contributed by atoms with Crippen molar-refractivity contribution in [3.8, 4) is 0 Å². The Morgan fingerprint density at radius 3 is 2.81 bits per heavy atom. The average molecular weight is 467 g/mol. The Labute approximate surface area is 194 Å². The van der Waals surface area contributed by atoms with Crippen molar-refractivity contribution in [1.82, 2.24) is 14.3 Å². The van der Waals surface area contributed by atoms with Gasteiger partial charge in [-0.25, -0.2) is 4.98 Å². The largest absolute Gasteiger partial charge is 0.467 e. The molecule has 1 aliphatic heterocycles. The van der Waals surface area contributed by atoms with E-state index in [1.165, 1.54) is 22.6 Å². The minimum atomic E-state index is -0.250. The number of thioether (sulfide) groups is 1. The number of carbonyl (C=O) groups excluding carboxylic acids is 1. The van der Waals surface area contributed by atoms with Crippen LogP contribution in [0.3, 0.4) is 0 Å². The molecular weight excluding hydrogens is 444 g/mol. The van der Waals surface area contributed by atoms with Crippen molar-refractivity contribution in [2.45, 2.75) is 44.7 Å². The molecule has 0 unspecified atom stereocenters. The van der Waals surface area contributed by atoms with E-state index in [0.29, 0.717) is 32.8 Å². The van der Waals surface area contributed by atoms with Gasteiger partial charge >= 0.3 is 0 Å². The number of carbonyl (C=O) groups is 1. The lowest BCUT2D eigenvalue weighted by atomic mass is 9.94. The van der Waals surface area contributed by atoms with Crippen LogP contribution >= 0.6 is 24.0 Å². The number of anilines is 1. The molecule has 1 saturated heterocycles. The molecular formula is C23H22N4O3S2. The summed E-state index contributed by atoms with van der Waals surface area (Å²) < 4.78 is 7.43. The van der Waals surface area contributed by atoms with Crippen LogP contribution in [-0.2, 0) is 11.3 Å². The maximum absolute atomic E-state index is 13.3. The van der Waals surface area contributed by atoms with E-state index in [1.54, 1.807) is 41.6 Å². The predicted octanol–water partition coefficient (Wildman–Crippen LogP) is 4.43. The first-order valence-corrected chi connectivity index (χ1v) is 11.9. The van der Waals surface area contributed by atoms with Crippen LogP contribution in [0.1, 0.15) is 43.4 Å². The van der Waals surface area contributed by atoms with Crippen LogP contribution in [0.2, 0.25) is 0 Å². The highest BCUT2D eigenvalue weighted by Gasteiger charge is 2.37. The summed E-state index contributed by atoms with van der Waals surface area (Å²) in [6.45, 7) is 0.367. The highest BCUT2D eigenvalue weighted by molar-refractivity contribution is 8.26. The molecule has 1 aliphatic carbocycles. The average Bonchev–Trinajstić information content (AvgIpc) is 3.43. The number of nitrogens with zero attached hydrogens (tertiary/aromatic N) is 3. The summed E-state index contributed by atoms with van der Waals surface area (Å²) in [5.74, 6) is 0.997. The predicted molar refractivity (Wildman–Crippen MR) is 129 cm³/mol. The first-order chi connectivity index (χ1) is 15.6. The lowest BCUT2D eigenvalue weighted by molar-refractivity contribution is -0.124. The molecule has 0 bridgehead atoms. The van der Waals surface area contributed by atoms with E-state index in [2.05, 4.69) is 10.3 Å². The van der Waals surface area contributed by atoms with Crippen molar-refractivity contribution in [3.05, 3.63) is 69.4 Å². The number of hydrogen-bond donors (Lipinski definition) is 1. The van der Waals surface area contributed by atoms with Crippen LogP contribution in [0.4, 0.5) is 5.82 Å². The van der Waals surface area contributed by atoms with Crippen molar-refractivity contribution in [2.24, 2.45) is 0 Å². The quantitative estimate of drug-likeness (QED) is 0.440. The molecule has 0 radical (unpaired) electrons. The standard InChI is InChI=1S/C23H22N4O3S2/c28-21-17(13-18-22(29)27(23(31)32-18)15-7-2-1-3-8-15)20(24-14-16-9-6-12-30-16)25-19-10-4-5-11-26(19)21/h4-6,9-13,15,24H,1-3,7-8,14H2. The zero-order valence-electron chi connectivity index (χ0n) is 17.3. The van der Waals surface area contributed by atoms with Gasteiger partial charge in [-0.1, -0.05) is 49.3 Å². The first kappa shape index (κ1) is 21.0. The SMILES string of the molecule is O=C1C(=Cc2c(NCc3ccco3)nc3ccccn3c2=O)SC(=S)N1C1CCCCC1. The third-order valence-electron chi connectivity index (χ3n) is 5.82. The smallest absolute Gasteiger partial charge is 0.267 e. The molecule has 1 N–H and O–H groups in total. The Kier molecular flexibility index (Phi) is 5.84. The van der Waals surface area contributed by atoms with Crippen LogP contribution in [0.5, 0.6) is 0 Å². The first-order valence-electron chi connectivity index (χ1n) is 10.7. The Bertz CT molecular complexity index is 1260. The van der Waals surface area contributed by atoms with Crippen molar-refractivity contribution in [3.63, 3.8) is 0 Å². The van der Waals surface area contributed by atoms with Gasteiger partial charge in [-0.3, -0.25) is 18.9 Å². The van der Waals surface area contributed by atoms with Crippen molar-refractivity contribution >= 4 is 51.7 Å². The summed E-state index contributed by atoms with van der Waals surface area (Å²) in [6, 6.07) is 9.17. The number of rotatable bonds is 5. The van der Waals surface area contributed by atoms with E-state index >= 15 is 0 Å². The molecule has 164 valence electrons. The Balaban J connectivity index is 1.53. The fraction of sp³-hybridized carbons (Fsp3) is 0.304. The van der Waals surface area contributed by atoms with Gasteiger partial charge in [-0.2, -0.15) is 0 Å². The highest BCUT2D eigenvalue weighted by Crippen LogP contribution is 2.37. The van der Waals surface area contributed by atoms with Gasteiger partial charge in [0.25, 0.3) is 11.5 Å². The minimum absolute atomic E-state index is 0.124. The van der Waals surface area contributed by atoms with Crippen LogP contribution in [0.15, 0.2) is 56.9 Å². The number of furan rings is 1. The van der Waals surface area contributed by atoms with Gasteiger partial charge in [0, 0.05) is 12.2 Å². The second-order valence-corrected chi connectivity index (χ2v) is 9.56. The van der Waals surface area contributed by atoms with E-state index in [0.717, 1.165) is 31.4 Å². The van der Waals surface area contributed by atoms with Crippen LogP contribution < -0.4 is 10.9 Å². The van der Waals surface area contributed by atoms with E-state index in [1.807, 2.05) is 12.1 Å². The maximum Gasteiger partial charge on any atom is 0.267 e. The number of amides is 1. The van der Waals surface area contributed by atoms with Gasteiger partial charge in [0.2, 0.25) is 0 Å². The molecule has 3 aromatic heterocycles. The van der Waals surface area contributed by atoms with Gasteiger partial charge in [-0.05, 0) is 43.2 Å². The van der Waals surface area contributed by atoms with Crippen molar-refractivity contribution in [1.29, 1.82) is 0 Å². The fourth-order valence-electron chi connectivity index (χ4n) is 4.22. The van der Waals surface area contributed by atoms with Crippen LogP contribution in [-0.4, -0.2) is 30.6 Å². The number of pyridine rings is 1. The maximum atomic E-state index is 13.3. The summed E-state index contributed by atoms with van der Waals surface area (Å²) in [7, 11) is 0. The second-order valence-electron chi connectivity index (χ2n) is 7.88. The Morgan fingerprint density at radius 1 is 1.19 bits per heavy atom. The van der Waals surface area contributed by atoms with Crippen LogP contribution in [0.25, 0.3) is 11.7 Å². The topological polar surface area (TPSA) is 79.9 Å². The van der Waals surface area contributed by atoms with Crippen LogP contribution in [0, 0.1) is 0 Å². The number of aromatic nitrogens is 2. The summed E-state index contributed by atoms with van der Waals surface area (Å²) in [4.78, 5) is 33.4. The molecule has 32 heavy (non-hydrogen) atoms. The second kappa shape index (κ2) is 8.91. The molecule has 1 amide bonds. The van der Waals surface area contributed by atoms with Crippen molar-refractivity contribution in [2.75, 3.05) is 5.32 Å². The van der Waals surface area contributed by atoms with E-state index in [9.17, 15) is 9.59 Å². The number of fused-ring (bicyclic) bond motifs is 1. The zero-order chi connectivity index (χ0) is 22.1. The molecule has 0 atom stereocenters. The highest BCUT2D eigenvalue weighted by atomic mass is 32.2. The zero-order valence-corrected chi connectivity index (χ0v) is 19.0. The molecule has 5 rings (SSSR count). The fourth-order valence-corrected chi connectivity index (χ4v) is 5.60. The summed E-state index contributed by atoms with van der Waals surface area (Å²) in [6.07, 6.45) is 10.2. The van der Waals surface area contributed by atoms with E-state index in [-0.39, 0.29) is 17.5 Å². The molecule has 7 nitrogen and oxygen atoms in total. The van der Waals surface area contributed by atoms with E-state index < -0.39 is 0 Å². The summed E-state index contributed by atoms with van der Waals surface area (Å²) >= 11 is 6.80. The number of nitrogens with one attached hydrogen (secondary N) is 1. The number of thiocarbonyl (C=S) groups is 1. The molecule has 2 fully saturated rings. The lowest BCUT2D eigenvalue weighted by Crippen LogP contribution is -2.39. The molecule has 0 spiro atoms. The minimum Gasteiger partial charge on any atom is -0.467 e. The van der Waals surface area contributed by atoms with Gasteiger partial charge in [0.05, 0.1) is 23.3 Å². The van der Waals surface area contributed by atoms with Gasteiger partial charge in [0.1, 0.15) is 21.5 Å². The van der Waals surface area contributed by atoms with Gasteiger partial charge in [-0.15, -0.1) is 0 Å². The summed E-state index contributed by atoms with van der Waals surface area (Å²) in [5.41, 5.74) is 0.594. The third-order valence-corrected chi connectivity index (χ3v) is 7.15. The Morgan fingerprint density at radius 2 is 2.03 bits per heavy atom. The van der Waals surface area contributed by atoms with Crippen molar-refractivity contribution < 1.29 is 9.21 Å². The van der Waals surface area contributed by atoms with E-state index in [4.69, 9.17) is 16.6 Å². The lowest BCUT2D eigenvalue weighted by Gasteiger charge is -2.29. The number of hydrogen-bond acceptors (Lipinski definition) is 7. The van der Waals surface area contributed by atoms with Gasteiger partial charge in [0.15, 0.2) is 0 Å². The molecule has 4 heterocycles. The monoisotopic (exact) mass is 466 g/mol. The summed E-state index contributed by atoms with van der Waals surface area (Å²) in [5, 5.41) is 3.19. The molecule has 0 aromatic carbocycles.